The molecule has 1 aromatic carbocycles. The summed E-state index contributed by atoms with van der Waals surface area (Å²) in [7, 11) is 0. The summed E-state index contributed by atoms with van der Waals surface area (Å²) in [4.78, 5) is 11.1. The number of nitriles is 1. The van der Waals surface area contributed by atoms with E-state index < -0.39 is 22.9 Å². The van der Waals surface area contributed by atoms with Crippen LogP contribution in [0.4, 0.5) is 13.2 Å². The average Bonchev–Trinajstić information content (AvgIpc) is 2.25. The van der Waals surface area contributed by atoms with Crippen molar-refractivity contribution < 1.29 is 18.0 Å². The SMILES string of the molecule is CC(=O)C(Cl)c1cc(C(F)(F)F)ccc1C#N. The number of hydrogen-bond acceptors (Lipinski definition) is 2. The number of rotatable bonds is 2. The van der Waals surface area contributed by atoms with E-state index in [1.165, 1.54) is 0 Å². The van der Waals surface area contributed by atoms with Crippen LogP contribution in [-0.2, 0) is 11.0 Å². The maximum Gasteiger partial charge on any atom is 0.416 e. The van der Waals surface area contributed by atoms with Gasteiger partial charge in [-0.25, -0.2) is 0 Å². The van der Waals surface area contributed by atoms with E-state index in [9.17, 15) is 18.0 Å². The molecule has 0 radical (unpaired) electrons. The minimum atomic E-state index is -4.53. The van der Waals surface area contributed by atoms with Crippen LogP contribution in [0.15, 0.2) is 18.2 Å². The van der Waals surface area contributed by atoms with Crippen molar-refractivity contribution in [3.8, 4) is 6.07 Å². The Bertz CT molecular complexity index is 490. The average molecular weight is 262 g/mol. The fourth-order valence-electron chi connectivity index (χ4n) is 1.27. The van der Waals surface area contributed by atoms with Crippen molar-refractivity contribution >= 4 is 17.4 Å². The zero-order valence-electron chi connectivity index (χ0n) is 8.68. The molecule has 6 heteroatoms. The molecule has 0 saturated heterocycles. The Morgan fingerprint density at radius 2 is 2.06 bits per heavy atom. The van der Waals surface area contributed by atoms with Crippen LogP contribution in [0, 0.1) is 11.3 Å². The first-order chi connectivity index (χ1) is 7.77. The molecule has 1 aromatic rings. The lowest BCUT2D eigenvalue weighted by molar-refractivity contribution is -0.137. The van der Waals surface area contributed by atoms with E-state index >= 15 is 0 Å². The predicted molar refractivity (Wildman–Crippen MR) is 55.4 cm³/mol. The molecule has 90 valence electrons. The molecule has 0 fully saturated rings. The third kappa shape index (κ3) is 2.98. The molecular weight excluding hydrogens is 255 g/mol. The quantitative estimate of drug-likeness (QED) is 0.765. The van der Waals surface area contributed by atoms with E-state index in [-0.39, 0.29) is 11.1 Å². The Hall–Kier alpha value is -1.54. The minimum absolute atomic E-state index is 0.0341. The Morgan fingerprint density at radius 1 is 1.47 bits per heavy atom. The highest BCUT2D eigenvalue weighted by Gasteiger charge is 2.32. The normalized spacial score (nSPS) is 12.9. The molecule has 0 aromatic heterocycles. The van der Waals surface area contributed by atoms with Gasteiger partial charge in [-0.1, -0.05) is 0 Å². The molecule has 0 aliphatic rings. The maximum absolute atomic E-state index is 12.5. The third-order valence-electron chi connectivity index (χ3n) is 2.13. The molecule has 1 unspecified atom stereocenters. The summed E-state index contributed by atoms with van der Waals surface area (Å²) in [5.41, 5.74) is -1.08. The fourth-order valence-corrected chi connectivity index (χ4v) is 1.45. The van der Waals surface area contributed by atoms with Crippen LogP contribution in [-0.4, -0.2) is 5.78 Å². The molecule has 0 bridgehead atoms. The van der Waals surface area contributed by atoms with E-state index in [0.29, 0.717) is 0 Å². The smallest absolute Gasteiger partial charge is 0.298 e. The van der Waals surface area contributed by atoms with Crippen molar-refractivity contribution in [3.05, 3.63) is 34.9 Å². The first-order valence-electron chi connectivity index (χ1n) is 4.53. The number of benzene rings is 1. The largest absolute Gasteiger partial charge is 0.416 e. The Labute approximate surface area is 101 Å². The van der Waals surface area contributed by atoms with Gasteiger partial charge in [-0.05, 0) is 30.7 Å². The molecule has 0 aliphatic carbocycles. The number of hydrogen-bond donors (Lipinski definition) is 0. The van der Waals surface area contributed by atoms with Gasteiger partial charge < -0.3 is 0 Å². The van der Waals surface area contributed by atoms with Crippen LogP contribution in [0.3, 0.4) is 0 Å². The van der Waals surface area contributed by atoms with Gasteiger partial charge in [0.15, 0.2) is 5.78 Å². The number of alkyl halides is 4. The zero-order chi connectivity index (χ0) is 13.2. The molecule has 0 amide bonds. The van der Waals surface area contributed by atoms with Gasteiger partial charge in [-0.3, -0.25) is 4.79 Å². The van der Waals surface area contributed by atoms with E-state index in [2.05, 4.69) is 0 Å². The van der Waals surface area contributed by atoms with Crippen molar-refractivity contribution in [1.82, 2.24) is 0 Å². The second-order valence-electron chi connectivity index (χ2n) is 3.38. The summed E-state index contributed by atoms with van der Waals surface area (Å²) in [5, 5.41) is 7.50. The first-order valence-corrected chi connectivity index (χ1v) is 4.96. The Balaban J connectivity index is 3.36. The summed E-state index contributed by atoms with van der Waals surface area (Å²) < 4.78 is 37.4. The van der Waals surface area contributed by atoms with Crippen LogP contribution in [0.1, 0.15) is 29.0 Å². The summed E-state index contributed by atoms with van der Waals surface area (Å²) >= 11 is 5.68. The number of ketones is 1. The second-order valence-corrected chi connectivity index (χ2v) is 3.82. The van der Waals surface area contributed by atoms with Crippen LogP contribution in [0.25, 0.3) is 0 Å². The summed E-state index contributed by atoms with van der Waals surface area (Å²) in [6.07, 6.45) is -4.53. The summed E-state index contributed by atoms with van der Waals surface area (Å²) in [6.45, 7) is 1.15. The monoisotopic (exact) mass is 261 g/mol. The van der Waals surface area contributed by atoms with Gasteiger partial charge in [0, 0.05) is 0 Å². The summed E-state index contributed by atoms with van der Waals surface area (Å²) in [6, 6.07) is 4.23. The number of nitrogens with zero attached hydrogens (tertiary/aromatic N) is 1. The molecule has 0 saturated carbocycles. The number of carbonyl (C=O) groups excluding carboxylic acids is 1. The molecule has 0 aliphatic heterocycles. The topological polar surface area (TPSA) is 40.9 Å². The van der Waals surface area contributed by atoms with Crippen molar-refractivity contribution in [2.45, 2.75) is 18.5 Å². The molecule has 0 heterocycles. The Kier molecular flexibility index (Phi) is 3.79. The standard InChI is InChI=1S/C11H7ClF3NO/c1-6(17)10(12)9-4-8(11(13,14)15)3-2-7(9)5-16/h2-4,10H,1H3. The third-order valence-corrected chi connectivity index (χ3v) is 2.67. The highest BCUT2D eigenvalue weighted by atomic mass is 35.5. The van der Waals surface area contributed by atoms with Gasteiger partial charge >= 0.3 is 6.18 Å². The molecule has 0 N–H and O–H groups in total. The second kappa shape index (κ2) is 4.76. The number of carbonyl (C=O) groups is 1. The van der Waals surface area contributed by atoms with Crippen molar-refractivity contribution in [3.63, 3.8) is 0 Å². The lowest BCUT2D eigenvalue weighted by Gasteiger charge is -2.12. The minimum Gasteiger partial charge on any atom is -0.298 e. The molecule has 1 atom stereocenters. The lowest BCUT2D eigenvalue weighted by atomic mass is 10.00. The van der Waals surface area contributed by atoms with Crippen molar-refractivity contribution in [1.29, 1.82) is 5.26 Å². The first kappa shape index (κ1) is 13.5. The molecule has 2 nitrogen and oxygen atoms in total. The predicted octanol–water partition coefficient (Wildman–Crippen LogP) is 3.45. The molecular formula is C11H7ClF3NO. The van der Waals surface area contributed by atoms with E-state index in [1.807, 2.05) is 0 Å². The van der Waals surface area contributed by atoms with Gasteiger partial charge in [-0.2, -0.15) is 18.4 Å². The fraction of sp³-hybridized carbons (Fsp3) is 0.273. The Morgan fingerprint density at radius 3 is 2.47 bits per heavy atom. The molecule has 1 rings (SSSR count). The number of halogens is 4. The van der Waals surface area contributed by atoms with Crippen LogP contribution in [0.5, 0.6) is 0 Å². The van der Waals surface area contributed by atoms with Gasteiger partial charge in [0.2, 0.25) is 0 Å². The van der Waals surface area contributed by atoms with Gasteiger partial charge in [-0.15, -0.1) is 11.6 Å². The highest BCUT2D eigenvalue weighted by molar-refractivity contribution is 6.31. The van der Waals surface area contributed by atoms with Crippen LogP contribution in [0.2, 0.25) is 0 Å². The van der Waals surface area contributed by atoms with Gasteiger partial charge in [0.05, 0.1) is 17.2 Å². The van der Waals surface area contributed by atoms with Crippen molar-refractivity contribution in [2.75, 3.05) is 0 Å². The molecule has 0 spiro atoms. The maximum atomic E-state index is 12.5. The number of Topliss-reactive ketones (excluding diaryl/α,β-unsaturated/α-hetero) is 1. The van der Waals surface area contributed by atoms with Crippen LogP contribution < -0.4 is 0 Å². The van der Waals surface area contributed by atoms with Crippen LogP contribution >= 0.6 is 11.6 Å². The van der Waals surface area contributed by atoms with E-state index in [0.717, 1.165) is 25.1 Å². The van der Waals surface area contributed by atoms with Crippen molar-refractivity contribution in [2.24, 2.45) is 0 Å². The molecule has 17 heavy (non-hydrogen) atoms. The summed E-state index contributed by atoms with van der Waals surface area (Å²) in [5.74, 6) is -0.512. The van der Waals surface area contributed by atoms with E-state index in [4.69, 9.17) is 16.9 Å². The highest BCUT2D eigenvalue weighted by Crippen LogP contribution is 2.33. The van der Waals surface area contributed by atoms with E-state index in [1.54, 1.807) is 6.07 Å². The van der Waals surface area contributed by atoms with Gasteiger partial charge in [0.25, 0.3) is 0 Å². The van der Waals surface area contributed by atoms with Gasteiger partial charge in [0.1, 0.15) is 5.38 Å². The lowest BCUT2D eigenvalue weighted by Crippen LogP contribution is -2.09. The zero-order valence-corrected chi connectivity index (χ0v) is 9.43.